The van der Waals surface area contributed by atoms with Crippen molar-refractivity contribution in [2.24, 2.45) is 0 Å². The molecular weight excluding hydrogens is 284 g/mol. The Hall–Kier alpha value is -0.460. The number of benzene rings is 1. The van der Waals surface area contributed by atoms with Crippen molar-refractivity contribution in [2.75, 3.05) is 0 Å². The summed E-state index contributed by atoms with van der Waals surface area (Å²) >= 11 is 1.74. The van der Waals surface area contributed by atoms with Crippen LogP contribution in [0.2, 0.25) is 0 Å². The molecule has 0 aliphatic heterocycles. The van der Waals surface area contributed by atoms with Crippen molar-refractivity contribution in [2.45, 2.75) is 6.36 Å². The van der Waals surface area contributed by atoms with Gasteiger partial charge in [-0.3, -0.25) is 0 Å². The molecular formula is C7H3F3IO. The van der Waals surface area contributed by atoms with E-state index in [1.165, 1.54) is 12.1 Å². The molecule has 0 aliphatic rings. The Morgan fingerprint density at radius 1 is 1.42 bits per heavy atom. The van der Waals surface area contributed by atoms with Gasteiger partial charge in [-0.15, -0.1) is 13.2 Å². The Morgan fingerprint density at radius 2 is 2.08 bits per heavy atom. The summed E-state index contributed by atoms with van der Waals surface area (Å²) in [5.41, 5.74) is 0. The van der Waals surface area contributed by atoms with Crippen LogP contribution in [0.15, 0.2) is 18.2 Å². The molecule has 1 aromatic rings. The molecule has 0 bridgehead atoms. The fourth-order valence-corrected chi connectivity index (χ4v) is 1.07. The van der Waals surface area contributed by atoms with E-state index in [-0.39, 0.29) is 5.75 Å². The molecule has 0 N–H and O–H groups in total. The maximum absolute atomic E-state index is 11.7. The number of ether oxygens (including phenoxy) is 1. The van der Waals surface area contributed by atoms with Crippen molar-refractivity contribution < 1.29 is 17.9 Å². The van der Waals surface area contributed by atoms with Gasteiger partial charge in [-0.2, -0.15) is 0 Å². The molecule has 0 heterocycles. The SMILES string of the molecule is FC(F)(F)Oc1[c]cccc1I. The van der Waals surface area contributed by atoms with Gasteiger partial charge in [0.25, 0.3) is 0 Å². The molecule has 12 heavy (non-hydrogen) atoms. The number of rotatable bonds is 1. The number of para-hydroxylation sites is 1. The zero-order valence-electron chi connectivity index (χ0n) is 5.65. The third-order valence-electron chi connectivity index (χ3n) is 0.988. The monoisotopic (exact) mass is 287 g/mol. The highest BCUT2D eigenvalue weighted by Gasteiger charge is 2.31. The van der Waals surface area contributed by atoms with Crippen molar-refractivity contribution in [1.29, 1.82) is 0 Å². The standard InChI is InChI=1S/C7H3F3IO/c8-7(9,10)12-6-4-2-1-3-5(6)11/h1-3H. The summed E-state index contributed by atoms with van der Waals surface area (Å²) in [6.07, 6.45) is -4.64. The summed E-state index contributed by atoms with van der Waals surface area (Å²) in [6, 6.07) is 6.81. The zero-order valence-corrected chi connectivity index (χ0v) is 7.81. The van der Waals surface area contributed by atoms with E-state index in [0.717, 1.165) is 0 Å². The lowest BCUT2D eigenvalue weighted by molar-refractivity contribution is -0.275. The number of alkyl halides is 3. The van der Waals surface area contributed by atoms with Gasteiger partial charge in [-0.05, 0) is 28.7 Å². The van der Waals surface area contributed by atoms with Crippen LogP contribution < -0.4 is 4.74 Å². The molecule has 0 aliphatic carbocycles. The first kappa shape index (κ1) is 9.63. The van der Waals surface area contributed by atoms with Crippen LogP contribution in [-0.2, 0) is 0 Å². The van der Waals surface area contributed by atoms with Crippen molar-refractivity contribution >= 4 is 22.6 Å². The van der Waals surface area contributed by atoms with Crippen LogP contribution in [0.5, 0.6) is 5.75 Å². The minimum Gasteiger partial charge on any atom is -0.404 e. The highest BCUT2D eigenvalue weighted by molar-refractivity contribution is 14.1. The van der Waals surface area contributed by atoms with Crippen LogP contribution in [0.1, 0.15) is 0 Å². The first-order valence-electron chi connectivity index (χ1n) is 2.91. The van der Waals surface area contributed by atoms with Crippen molar-refractivity contribution in [3.8, 4) is 5.75 Å². The van der Waals surface area contributed by atoms with E-state index in [1.807, 2.05) is 0 Å². The molecule has 1 nitrogen and oxygen atoms in total. The van der Waals surface area contributed by atoms with Gasteiger partial charge in [-0.1, -0.05) is 12.1 Å². The predicted octanol–water partition coefficient (Wildman–Crippen LogP) is 2.99. The van der Waals surface area contributed by atoms with Gasteiger partial charge in [-0.25, -0.2) is 0 Å². The van der Waals surface area contributed by atoms with Gasteiger partial charge in [0, 0.05) is 6.07 Å². The molecule has 0 saturated heterocycles. The van der Waals surface area contributed by atoms with E-state index in [1.54, 1.807) is 28.7 Å². The second-order valence-electron chi connectivity index (χ2n) is 1.89. The molecule has 0 aromatic heterocycles. The van der Waals surface area contributed by atoms with E-state index in [0.29, 0.717) is 3.57 Å². The van der Waals surface area contributed by atoms with Crippen molar-refractivity contribution in [1.82, 2.24) is 0 Å². The van der Waals surface area contributed by atoms with Crippen molar-refractivity contribution in [3.63, 3.8) is 0 Å². The van der Waals surface area contributed by atoms with Gasteiger partial charge < -0.3 is 4.74 Å². The Bertz CT molecular complexity index is 272. The number of hydrogen-bond donors (Lipinski definition) is 0. The molecule has 0 unspecified atom stereocenters. The second-order valence-corrected chi connectivity index (χ2v) is 3.06. The third kappa shape index (κ3) is 2.88. The molecule has 0 spiro atoms. The summed E-state index contributed by atoms with van der Waals surface area (Å²) in [4.78, 5) is 0. The third-order valence-corrected chi connectivity index (χ3v) is 1.84. The molecule has 1 aromatic carbocycles. The molecule has 0 fully saturated rings. The Kier molecular flexibility index (Phi) is 2.81. The summed E-state index contributed by atoms with van der Waals surface area (Å²) in [5.74, 6) is -0.286. The minimum absolute atomic E-state index is 0.286. The van der Waals surface area contributed by atoms with E-state index in [2.05, 4.69) is 10.8 Å². The topological polar surface area (TPSA) is 9.23 Å². The lowest BCUT2D eigenvalue weighted by atomic mass is 10.3. The first-order chi connectivity index (χ1) is 5.49. The second kappa shape index (κ2) is 3.51. The van der Waals surface area contributed by atoms with E-state index < -0.39 is 6.36 Å². The first-order valence-corrected chi connectivity index (χ1v) is 3.99. The maximum Gasteiger partial charge on any atom is 0.573 e. The van der Waals surface area contributed by atoms with E-state index in [9.17, 15) is 13.2 Å². The molecule has 65 valence electrons. The molecule has 1 rings (SSSR count). The normalized spacial score (nSPS) is 11.3. The average molecular weight is 287 g/mol. The fourth-order valence-electron chi connectivity index (χ4n) is 0.595. The van der Waals surface area contributed by atoms with Gasteiger partial charge in [0.2, 0.25) is 0 Å². The molecule has 1 radical (unpaired) electrons. The summed E-state index contributed by atoms with van der Waals surface area (Å²) in [7, 11) is 0. The average Bonchev–Trinajstić information content (AvgIpc) is 1.91. The summed E-state index contributed by atoms with van der Waals surface area (Å²) < 4.78 is 39.1. The van der Waals surface area contributed by atoms with Gasteiger partial charge in [0.1, 0.15) is 0 Å². The Morgan fingerprint density at radius 3 is 2.58 bits per heavy atom. The van der Waals surface area contributed by atoms with Crippen LogP contribution in [0.25, 0.3) is 0 Å². The number of hydrogen-bond acceptors (Lipinski definition) is 1. The summed E-state index contributed by atoms with van der Waals surface area (Å²) in [5, 5.41) is 0. The zero-order chi connectivity index (χ0) is 9.19. The van der Waals surface area contributed by atoms with Crippen LogP contribution >= 0.6 is 22.6 Å². The van der Waals surface area contributed by atoms with Crippen LogP contribution in [0, 0.1) is 9.64 Å². The van der Waals surface area contributed by atoms with E-state index in [4.69, 9.17) is 0 Å². The smallest absolute Gasteiger partial charge is 0.404 e. The molecule has 5 heteroatoms. The largest absolute Gasteiger partial charge is 0.573 e. The van der Waals surface area contributed by atoms with Crippen LogP contribution in [0.3, 0.4) is 0 Å². The predicted molar refractivity (Wildman–Crippen MR) is 44.7 cm³/mol. The lowest BCUT2D eigenvalue weighted by Crippen LogP contribution is -2.17. The summed E-state index contributed by atoms with van der Waals surface area (Å²) in [6.45, 7) is 0. The lowest BCUT2D eigenvalue weighted by Gasteiger charge is -2.08. The minimum atomic E-state index is -4.64. The van der Waals surface area contributed by atoms with Crippen LogP contribution in [0.4, 0.5) is 13.2 Å². The van der Waals surface area contributed by atoms with E-state index >= 15 is 0 Å². The Balaban J connectivity index is 2.83. The van der Waals surface area contributed by atoms with Gasteiger partial charge >= 0.3 is 6.36 Å². The van der Waals surface area contributed by atoms with Gasteiger partial charge in [0.05, 0.1) is 3.57 Å². The number of halogens is 4. The maximum atomic E-state index is 11.7. The fraction of sp³-hybridized carbons (Fsp3) is 0.143. The van der Waals surface area contributed by atoms with Crippen LogP contribution in [-0.4, -0.2) is 6.36 Å². The van der Waals surface area contributed by atoms with Crippen molar-refractivity contribution in [3.05, 3.63) is 27.8 Å². The highest BCUT2D eigenvalue weighted by Crippen LogP contribution is 2.26. The highest BCUT2D eigenvalue weighted by atomic mass is 127. The molecule has 0 atom stereocenters. The Labute approximate surface area is 80.7 Å². The van der Waals surface area contributed by atoms with Gasteiger partial charge in [0.15, 0.2) is 5.75 Å². The quantitative estimate of drug-likeness (QED) is 0.721. The molecule has 0 amide bonds. The molecule has 0 saturated carbocycles.